The number of carbonyl (C=O) groups excluding carboxylic acids is 2. The van der Waals surface area contributed by atoms with Crippen LogP contribution in [0.1, 0.15) is 18.1 Å². The Morgan fingerprint density at radius 3 is 2.26 bits per heavy atom. The van der Waals surface area contributed by atoms with Gasteiger partial charge in [0, 0.05) is 18.6 Å². The molecule has 0 aliphatic carbocycles. The maximum absolute atomic E-state index is 13.3. The number of nitrogens with one attached hydrogen (secondary N) is 1. The molecule has 0 spiro atoms. The Kier molecular flexibility index (Phi) is 8.34. The van der Waals surface area contributed by atoms with Crippen molar-refractivity contribution in [2.75, 3.05) is 24.2 Å². The first-order valence-electron chi connectivity index (χ1n) is 9.43. The number of halogens is 2. The average Bonchev–Trinajstić information content (AvgIpc) is 2.71. The molecular formula is C21H25Cl2N3O4S. The molecule has 7 nitrogen and oxygen atoms in total. The van der Waals surface area contributed by atoms with Gasteiger partial charge in [-0.1, -0.05) is 53.0 Å². The van der Waals surface area contributed by atoms with Gasteiger partial charge in [0.25, 0.3) is 0 Å². The topological polar surface area (TPSA) is 86.8 Å². The number of amides is 2. The van der Waals surface area contributed by atoms with Crippen LogP contribution in [0.3, 0.4) is 0 Å². The Hall–Kier alpha value is -2.29. The summed E-state index contributed by atoms with van der Waals surface area (Å²) in [5.41, 5.74) is 1.95. The highest BCUT2D eigenvalue weighted by molar-refractivity contribution is 7.92. The molecule has 2 aromatic rings. The third kappa shape index (κ3) is 6.59. The van der Waals surface area contributed by atoms with Gasteiger partial charge in [0.15, 0.2) is 0 Å². The molecule has 0 saturated heterocycles. The van der Waals surface area contributed by atoms with Crippen molar-refractivity contribution in [3.05, 3.63) is 63.6 Å². The number of sulfonamides is 1. The van der Waals surface area contributed by atoms with E-state index >= 15 is 0 Å². The molecule has 10 heteroatoms. The van der Waals surface area contributed by atoms with Gasteiger partial charge in [0.1, 0.15) is 12.6 Å². The van der Waals surface area contributed by atoms with Crippen LogP contribution in [0.5, 0.6) is 0 Å². The molecule has 0 unspecified atom stereocenters. The van der Waals surface area contributed by atoms with Crippen LogP contribution in [0.25, 0.3) is 0 Å². The standard InChI is InChI=1S/C21H25Cl2N3O4S/c1-14-5-7-16(8-6-14)12-25(15(2)21(28)24-3)20(27)13-26(31(4,29)30)19-11-17(22)9-10-18(19)23/h5-11,15H,12-13H2,1-4H3,(H,24,28)/t15-/m0/s1. The van der Waals surface area contributed by atoms with E-state index in [2.05, 4.69) is 5.32 Å². The average molecular weight is 486 g/mol. The van der Waals surface area contributed by atoms with Crippen LogP contribution in [0.15, 0.2) is 42.5 Å². The summed E-state index contributed by atoms with van der Waals surface area (Å²) in [5.74, 6) is -0.926. The first kappa shape index (κ1) is 25.0. The predicted molar refractivity (Wildman–Crippen MR) is 124 cm³/mol. The zero-order valence-electron chi connectivity index (χ0n) is 17.7. The van der Waals surface area contributed by atoms with Crippen molar-refractivity contribution in [2.45, 2.75) is 26.4 Å². The highest BCUT2D eigenvalue weighted by atomic mass is 35.5. The van der Waals surface area contributed by atoms with Gasteiger partial charge in [-0.05, 0) is 37.6 Å². The Bertz CT molecular complexity index is 1060. The largest absolute Gasteiger partial charge is 0.357 e. The van der Waals surface area contributed by atoms with Gasteiger partial charge in [-0.15, -0.1) is 0 Å². The third-order valence-corrected chi connectivity index (χ3v) is 6.42. The smallest absolute Gasteiger partial charge is 0.244 e. The van der Waals surface area contributed by atoms with Crippen LogP contribution in [0.2, 0.25) is 10.0 Å². The highest BCUT2D eigenvalue weighted by Gasteiger charge is 2.30. The number of likely N-dealkylation sites (N-methyl/N-ethyl adjacent to an activating group) is 1. The van der Waals surface area contributed by atoms with Crippen LogP contribution < -0.4 is 9.62 Å². The minimum absolute atomic E-state index is 0.0906. The Morgan fingerprint density at radius 2 is 1.71 bits per heavy atom. The van der Waals surface area contributed by atoms with Gasteiger partial charge in [0.2, 0.25) is 21.8 Å². The fourth-order valence-electron chi connectivity index (χ4n) is 2.95. The third-order valence-electron chi connectivity index (χ3n) is 4.74. The molecule has 2 amide bonds. The second-order valence-corrected chi connectivity index (χ2v) is 9.91. The number of carbonyl (C=O) groups is 2. The van der Waals surface area contributed by atoms with Gasteiger partial charge in [-0.25, -0.2) is 8.42 Å². The fourth-order valence-corrected chi connectivity index (χ4v) is 4.24. The fraction of sp³-hybridized carbons (Fsp3) is 0.333. The lowest BCUT2D eigenvalue weighted by atomic mass is 10.1. The van der Waals surface area contributed by atoms with E-state index in [4.69, 9.17) is 23.2 Å². The SMILES string of the molecule is CNC(=O)[C@H](C)N(Cc1ccc(C)cc1)C(=O)CN(c1cc(Cl)ccc1Cl)S(C)(=O)=O. The molecule has 0 bridgehead atoms. The van der Waals surface area contributed by atoms with E-state index in [-0.39, 0.29) is 28.2 Å². The van der Waals surface area contributed by atoms with E-state index in [1.165, 1.54) is 30.1 Å². The number of nitrogens with zero attached hydrogens (tertiary/aromatic N) is 2. The van der Waals surface area contributed by atoms with Crippen molar-refractivity contribution in [1.29, 1.82) is 0 Å². The number of hydrogen-bond donors (Lipinski definition) is 1. The molecule has 2 rings (SSSR count). The van der Waals surface area contributed by atoms with E-state index < -0.39 is 28.5 Å². The summed E-state index contributed by atoms with van der Waals surface area (Å²) in [6, 6.07) is 11.0. The Labute approximate surface area is 193 Å². The molecule has 0 radical (unpaired) electrons. The minimum Gasteiger partial charge on any atom is -0.357 e. The minimum atomic E-state index is -3.87. The highest BCUT2D eigenvalue weighted by Crippen LogP contribution is 2.30. The lowest BCUT2D eigenvalue weighted by Gasteiger charge is -2.31. The summed E-state index contributed by atoms with van der Waals surface area (Å²) >= 11 is 12.2. The Balaban J connectivity index is 2.42. The zero-order chi connectivity index (χ0) is 23.3. The predicted octanol–water partition coefficient (Wildman–Crippen LogP) is 3.23. The molecule has 0 aromatic heterocycles. The van der Waals surface area contributed by atoms with Gasteiger partial charge in [0.05, 0.1) is 17.0 Å². The summed E-state index contributed by atoms with van der Waals surface area (Å²) in [4.78, 5) is 26.9. The van der Waals surface area contributed by atoms with E-state index in [1.54, 1.807) is 6.92 Å². The van der Waals surface area contributed by atoms with Crippen LogP contribution in [-0.4, -0.2) is 51.0 Å². The molecule has 31 heavy (non-hydrogen) atoms. The van der Waals surface area contributed by atoms with E-state index in [1.807, 2.05) is 31.2 Å². The summed E-state index contributed by atoms with van der Waals surface area (Å²) < 4.78 is 25.9. The van der Waals surface area contributed by atoms with Gasteiger partial charge in [-0.2, -0.15) is 0 Å². The Morgan fingerprint density at radius 1 is 1.10 bits per heavy atom. The van der Waals surface area contributed by atoms with E-state index in [9.17, 15) is 18.0 Å². The van der Waals surface area contributed by atoms with Crippen LogP contribution in [-0.2, 0) is 26.2 Å². The zero-order valence-corrected chi connectivity index (χ0v) is 20.1. The monoisotopic (exact) mass is 485 g/mol. The van der Waals surface area contributed by atoms with Crippen molar-refractivity contribution in [3.8, 4) is 0 Å². The molecule has 0 aliphatic heterocycles. The number of hydrogen-bond acceptors (Lipinski definition) is 4. The quantitative estimate of drug-likeness (QED) is 0.621. The second kappa shape index (κ2) is 10.3. The molecule has 1 atom stereocenters. The maximum atomic E-state index is 13.3. The van der Waals surface area contributed by atoms with Crippen LogP contribution >= 0.6 is 23.2 Å². The molecule has 0 fully saturated rings. The molecule has 2 aromatic carbocycles. The summed E-state index contributed by atoms with van der Waals surface area (Å²) in [7, 11) is -2.40. The van der Waals surface area contributed by atoms with E-state index in [0.29, 0.717) is 0 Å². The van der Waals surface area contributed by atoms with Crippen molar-refractivity contribution >= 4 is 50.7 Å². The number of aryl methyl sites for hydroxylation is 1. The lowest BCUT2D eigenvalue weighted by molar-refractivity contribution is -0.139. The molecule has 0 heterocycles. The van der Waals surface area contributed by atoms with Crippen molar-refractivity contribution in [3.63, 3.8) is 0 Å². The summed E-state index contributed by atoms with van der Waals surface area (Å²) in [6.07, 6.45) is 0.976. The molecule has 0 saturated carbocycles. The lowest BCUT2D eigenvalue weighted by Crippen LogP contribution is -2.50. The summed E-state index contributed by atoms with van der Waals surface area (Å²) in [6.45, 7) is 3.13. The number of benzene rings is 2. The molecular weight excluding hydrogens is 461 g/mol. The normalized spacial score (nSPS) is 12.2. The first-order chi connectivity index (χ1) is 14.4. The van der Waals surface area contributed by atoms with Crippen molar-refractivity contribution in [1.82, 2.24) is 10.2 Å². The maximum Gasteiger partial charge on any atom is 0.244 e. The number of rotatable bonds is 8. The van der Waals surface area contributed by atoms with Crippen molar-refractivity contribution < 1.29 is 18.0 Å². The first-order valence-corrected chi connectivity index (χ1v) is 12.0. The number of anilines is 1. The van der Waals surface area contributed by atoms with Gasteiger partial charge in [-0.3, -0.25) is 13.9 Å². The summed E-state index contributed by atoms with van der Waals surface area (Å²) in [5, 5.41) is 2.93. The van der Waals surface area contributed by atoms with Gasteiger partial charge < -0.3 is 10.2 Å². The van der Waals surface area contributed by atoms with Crippen LogP contribution in [0.4, 0.5) is 5.69 Å². The van der Waals surface area contributed by atoms with Crippen molar-refractivity contribution in [2.24, 2.45) is 0 Å². The molecule has 0 aliphatic rings. The molecule has 168 valence electrons. The molecule has 1 N–H and O–H groups in total. The van der Waals surface area contributed by atoms with E-state index in [0.717, 1.165) is 21.7 Å². The van der Waals surface area contributed by atoms with Gasteiger partial charge >= 0.3 is 0 Å². The van der Waals surface area contributed by atoms with Crippen LogP contribution in [0, 0.1) is 6.92 Å². The second-order valence-electron chi connectivity index (χ2n) is 7.16.